The molecule has 7 nitrogen and oxygen atoms in total. The van der Waals surface area contributed by atoms with Gasteiger partial charge in [-0.1, -0.05) is 0 Å². The highest BCUT2D eigenvalue weighted by Gasteiger charge is 2.08. The molecule has 0 atom stereocenters. The van der Waals surface area contributed by atoms with E-state index in [9.17, 15) is 4.79 Å². The Morgan fingerprint density at radius 2 is 1.58 bits per heavy atom. The number of pyridine rings is 1. The quantitative estimate of drug-likeness (QED) is 0.718. The first-order valence-electron chi connectivity index (χ1n) is 7.06. The lowest BCUT2D eigenvalue weighted by atomic mass is 10.3. The minimum Gasteiger partial charge on any atom is -0.481 e. The molecular formula is C16H18N4O3S. The van der Waals surface area contributed by atoms with Gasteiger partial charge in [-0.3, -0.25) is 4.79 Å². The van der Waals surface area contributed by atoms with Crippen LogP contribution in [0.5, 0.6) is 11.8 Å². The molecule has 24 heavy (non-hydrogen) atoms. The molecule has 2 rings (SSSR count). The van der Waals surface area contributed by atoms with E-state index in [1.165, 1.54) is 21.1 Å². The third-order valence-electron chi connectivity index (χ3n) is 2.95. The molecule has 0 radical (unpaired) electrons. The lowest BCUT2D eigenvalue weighted by molar-refractivity contribution is -0.114. The summed E-state index contributed by atoms with van der Waals surface area (Å²) in [5.41, 5.74) is 2.11. The van der Waals surface area contributed by atoms with E-state index >= 15 is 0 Å². The van der Waals surface area contributed by atoms with E-state index in [-0.39, 0.29) is 5.91 Å². The molecule has 126 valence electrons. The molecule has 2 aromatic rings. The summed E-state index contributed by atoms with van der Waals surface area (Å²) >= 11 is 5.28. The number of thiocarbonyl (C=S) groups is 1. The van der Waals surface area contributed by atoms with Gasteiger partial charge in [-0.05, 0) is 42.5 Å². The minimum absolute atomic E-state index is 0.119. The van der Waals surface area contributed by atoms with E-state index < -0.39 is 0 Å². The SMILES string of the molecule is COc1ccc(NC(=S)Nc2ccc(NC(C)=O)cc2)c(OC)n1. The van der Waals surface area contributed by atoms with Gasteiger partial charge in [0.2, 0.25) is 17.7 Å². The average molecular weight is 346 g/mol. The fourth-order valence-corrected chi connectivity index (χ4v) is 2.14. The van der Waals surface area contributed by atoms with Crippen LogP contribution < -0.4 is 25.4 Å². The average Bonchev–Trinajstić information content (AvgIpc) is 2.56. The molecular weight excluding hydrogens is 328 g/mol. The summed E-state index contributed by atoms with van der Waals surface area (Å²) in [5.74, 6) is 0.705. The number of hydrogen-bond acceptors (Lipinski definition) is 5. The molecule has 0 aliphatic rings. The van der Waals surface area contributed by atoms with Crippen LogP contribution in [0.2, 0.25) is 0 Å². The van der Waals surface area contributed by atoms with Crippen LogP contribution in [0.25, 0.3) is 0 Å². The molecule has 0 bridgehead atoms. The fraction of sp³-hybridized carbons (Fsp3) is 0.188. The lowest BCUT2D eigenvalue weighted by Gasteiger charge is -2.13. The molecule has 0 unspecified atom stereocenters. The summed E-state index contributed by atoms with van der Waals surface area (Å²) in [6.07, 6.45) is 0. The smallest absolute Gasteiger partial charge is 0.240 e. The first kappa shape index (κ1) is 17.5. The second kappa shape index (κ2) is 8.11. The van der Waals surface area contributed by atoms with Crippen molar-refractivity contribution in [2.75, 3.05) is 30.2 Å². The van der Waals surface area contributed by atoms with Crippen molar-refractivity contribution in [3.8, 4) is 11.8 Å². The van der Waals surface area contributed by atoms with Crippen molar-refractivity contribution in [3.05, 3.63) is 36.4 Å². The highest BCUT2D eigenvalue weighted by molar-refractivity contribution is 7.80. The Morgan fingerprint density at radius 3 is 2.12 bits per heavy atom. The Morgan fingerprint density at radius 1 is 0.958 bits per heavy atom. The minimum atomic E-state index is -0.119. The predicted molar refractivity (Wildman–Crippen MR) is 97.9 cm³/mol. The van der Waals surface area contributed by atoms with Crippen LogP contribution in [0, 0.1) is 0 Å². The number of ether oxygens (including phenoxy) is 2. The number of carbonyl (C=O) groups excluding carboxylic acids is 1. The van der Waals surface area contributed by atoms with Crippen LogP contribution in [0.4, 0.5) is 17.1 Å². The van der Waals surface area contributed by atoms with Crippen molar-refractivity contribution in [3.63, 3.8) is 0 Å². The molecule has 0 fully saturated rings. The highest BCUT2D eigenvalue weighted by Crippen LogP contribution is 2.25. The van der Waals surface area contributed by atoms with E-state index in [4.69, 9.17) is 21.7 Å². The summed E-state index contributed by atoms with van der Waals surface area (Å²) in [4.78, 5) is 15.2. The Kier molecular flexibility index (Phi) is 5.91. The topological polar surface area (TPSA) is 84.5 Å². The van der Waals surface area contributed by atoms with Gasteiger partial charge < -0.3 is 25.4 Å². The summed E-state index contributed by atoms with van der Waals surface area (Å²) in [7, 11) is 3.05. The maximum absolute atomic E-state index is 11.0. The zero-order chi connectivity index (χ0) is 17.5. The van der Waals surface area contributed by atoms with Gasteiger partial charge in [-0.15, -0.1) is 0 Å². The van der Waals surface area contributed by atoms with Crippen LogP contribution in [0.3, 0.4) is 0 Å². The monoisotopic (exact) mass is 346 g/mol. The van der Waals surface area contributed by atoms with E-state index in [1.807, 2.05) is 12.1 Å². The van der Waals surface area contributed by atoms with Crippen molar-refractivity contribution in [1.82, 2.24) is 4.98 Å². The first-order valence-corrected chi connectivity index (χ1v) is 7.47. The van der Waals surface area contributed by atoms with Gasteiger partial charge in [0.1, 0.15) is 5.69 Å². The first-order chi connectivity index (χ1) is 11.5. The molecule has 0 saturated carbocycles. The van der Waals surface area contributed by atoms with Crippen molar-refractivity contribution < 1.29 is 14.3 Å². The number of carbonyl (C=O) groups is 1. The molecule has 0 aliphatic heterocycles. The maximum Gasteiger partial charge on any atom is 0.240 e. The Hall–Kier alpha value is -2.87. The Balaban J connectivity index is 2.01. The highest BCUT2D eigenvalue weighted by atomic mass is 32.1. The summed E-state index contributed by atoms with van der Waals surface area (Å²) < 4.78 is 10.3. The molecule has 1 aromatic carbocycles. The zero-order valence-electron chi connectivity index (χ0n) is 13.5. The molecule has 0 saturated heterocycles. The van der Waals surface area contributed by atoms with Crippen LogP contribution in [-0.2, 0) is 4.79 Å². The van der Waals surface area contributed by atoms with Crippen molar-refractivity contribution in [2.24, 2.45) is 0 Å². The second-order valence-corrected chi connectivity index (χ2v) is 5.16. The molecule has 1 amide bonds. The molecule has 0 aliphatic carbocycles. The van der Waals surface area contributed by atoms with Gasteiger partial charge in [0.25, 0.3) is 0 Å². The largest absolute Gasteiger partial charge is 0.481 e. The molecule has 0 spiro atoms. The standard InChI is InChI=1S/C16H18N4O3S/c1-10(21)17-11-4-6-12(7-5-11)18-16(24)19-13-8-9-14(22-2)20-15(13)23-3/h4-9H,1-3H3,(H,17,21)(H2,18,19,24). The fourth-order valence-electron chi connectivity index (χ4n) is 1.91. The van der Waals surface area contributed by atoms with Crippen LogP contribution in [-0.4, -0.2) is 30.2 Å². The van der Waals surface area contributed by atoms with Crippen LogP contribution in [0.1, 0.15) is 6.92 Å². The normalized spacial score (nSPS) is 9.79. The zero-order valence-corrected chi connectivity index (χ0v) is 14.4. The molecule has 3 N–H and O–H groups in total. The van der Waals surface area contributed by atoms with Gasteiger partial charge in [-0.2, -0.15) is 4.98 Å². The number of rotatable bonds is 5. The number of aromatic nitrogens is 1. The van der Waals surface area contributed by atoms with Crippen LogP contribution in [0.15, 0.2) is 36.4 Å². The van der Waals surface area contributed by atoms with Gasteiger partial charge in [-0.25, -0.2) is 0 Å². The number of benzene rings is 1. The Bertz CT molecular complexity index is 735. The number of amides is 1. The molecule has 8 heteroatoms. The van der Waals surface area contributed by atoms with Crippen LogP contribution >= 0.6 is 12.2 Å². The van der Waals surface area contributed by atoms with E-state index in [1.54, 1.807) is 24.3 Å². The lowest BCUT2D eigenvalue weighted by Crippen LogP contribution is -2.19. The van der Waals surface area contributed by atoms with Crippen molar-refractivity contribution in [1.29, 1.82) is 0 Å². The predicted octanol–water partition coefficient (Wildman–Crippen LogP) is 2.87. The third-order valence-corrected chi connectivity index (χ3v) is 3.15. The molecule has 1 heterocycles. The van der Waals surface area contributed by atoms with Gasteiger partial charge in [0.05, 0.1) is 14.2 Å². The second-order valence-electron chi connectivity index (χ2n) is 4.75. The number of hydrogen-bond donors (Lipinski definition) is 3. The molecule has 1 aromatic heterocycles. The summed E-state index contributed by atoms with van der Waals surface area (Å²) in [6.45, 7) is 1.46. The number of anilines is 3. The number of nitrogens with zero attached hydrogens (tertiary/aromatic N) is 1. The van der Waals surface area contributed by atoms with Gasteiger partial charge in [0, 0.05) is 24.4 Å². The van der Waals surface area contributed by atoms with Gasteiger partial charge >= 0.3 is 0 Å². The van der Waals surface area contributed by atoms with E-state index in [2.05, 4.69) is 20.9 Å². The summed E-state index contributed by atoms with van der Waals surface area (Å²) in [5, 5.41) is 9.14. The third kappa shape index (κ3) is 4.82. The number of nitrogens with one attached hydrogen (secondary N) is 3. The van der Waals surface area contributed by atoms with Gasteiger partial charge in [0.15, 0.2) is 5.11 Å². The van der Waals surface area contributed by atoms with E-state index in [0.717, 1.165) is 5.69 Å². The van der Waals surface area contributed by atoms with E-state index in [0.29, 0.717) is 28.2 Å². The summed E-state index contributed by atoms with van der Waals surface area (Å²) in [6, 6.07) is 10.6. The maximum atomic E-state index is 11.0. The van der Waals surface area contributed by atoms with Crippen molar-refractivity contribution in [2.45, 2.75) is 6.92 Å². The Labute approximate surface area is 145 Å². The number of methoxy groups -OCH3 is 2. The van der Waals surface area contributed by atoms with Crippen molar-refractivity contribution >= 4 is 40.3 Å².